The summed E-state index contributed by atoms with van der Waals surface area (Å²) in [5.74, 6) is 0. The lowest BCUT2D eigenvalue weighted by Gasteiger charge is -2.33. The second-order valence-corrected chi connectivity index (χ2v) is 6.65. The van der Waals surface area contributed by atoms with E-state index in [9.17, 15) is 25.3 Å². The van der Waals surface area contributed by atoms with Crippen molar-refractivity contribution in [1.29, 1.82) is 0 Å². The Morgan fingerprint density at radius 1 is 0.857 bits per heavy atom. The summed E-state index contributed by atoms with van der Waals surface area (Å²) < 4.78 is 106. The summed E-state index contributed by atoms with van der Waals surface area (Å²) in [6.07, 6.45) is -6.00. The molecule has 1 aliphatic rings. The summed E-state index contributed by atoms with van der Waals surface area (Å²) in [6.45, 7) is -0.154. The zero-order valence-electron chi connectivity index (χ0n) is 9.67. The lowest BCUT2D eigenvalue weighted by molar-refractivity contribution is -0.0972. The fourth-order valence-corrected chi connectivity index (χ4v) is 2.77. The van der Waals surface area contributed by atoms with Crippen LogP contribution in [0.5, 0.6) is 0 Å². The van der Waals surface area contributed by atoms with Crippen LogP contribution in [0.15, 0.2) is 0 Å². The van der Waals surface area contributed by atoms with Crippen LogP contribution in [0.4, 0.5) is 0 Å². The molecule has 3 atom stereocenters. The maximum atomic E-state index is 10.7. The van der Waals surface area contributed by atoms with Crippen LogP contribution < -0.4 is 0 Å². The highest BCUT2D eigenvalue weighted by molar-refractivity contribution is 7.81. The Balaban J connectivity index is 3.06. The van der Waals surface area contributed by atoms with Gasteiger partial charge in [-0.2, -0.15) is 25.3 Å². The molecule has 0 saturated carbocycles. The number of hydrogen-bond acceptors (Lipinski definition) is 10. The van der Waals surface area contributed by atoms with Crippen LogP contribution in [-0.2, 0) is 48.5 Å². The summed E-state index contributed by atoms with van der Waals surface area (Å²) in [6, 6.07) is 0. The molecular weight excluding hydrogens is 364 g/mol. The standard InChI is InChI=1S/C5H9O13S3/c6-19(7,8)16-3-1-15-2-4(17-20(9,10)11)5(3)18-21(12,13)14/h1,3-5H,2H2,(H,6,7,8)(H,9,10,11)(H,12,13,14)/t3-,4-,5-/m1/s1. The maximum Gasteiger partial charge on any atom is 0.397 e. The fraction of sp³-hybridized carbons (Fsp3) is 0.800. The van der Waals surface area contributed by atoms with Gasteiger partial charge in [0.05, 0.1) is 6.61 Å². The van der Waals surface area contributed by atoms with E-state index in [1.165, 1.54) is 0 Å². The highest BCUT2D eigenvalue weighted by Crippen LogP contribution is 2.24. The first-order chi connectivity index (χ1) is 9.27. The van der Waals surface area contributed by atoms with E-state index in [1.54, 1.807) is 0 Å². The smallest absolute Gasteiger partial charge is 0.370 e. The average molecular weight is 373 g/mol. The van der Waals surface area contributed by atoms with Gasteiger partial charge in [0, 0.05) is 0 Å². The summed E-state index contributed by atoms with van der Waals surface area (Å²) in [4.78, 5) is 0. The molecule has 0 aromatic carbocycles. The normalized spacial score (nSPS) is 28.4. The number of rotatable bonds is 6. The van der Waals surface area contributed by atoms with E-state index in [4.69, 9.17) is 13.7 Å². The Kier molecular flexibility index (Phi) is 5.64. The number of hydrogen-bond donors (Lipinski definition) is 3. The molecule has 0 bridgehead atoms. The van der Waals surface area contributed by atoms with Crippen LogP contribution in [0.25, 0.3) is 0 Å². The third-order valence-electron chi connectivity index (χ3n) is 1.89. The van der Waals surface area contributed by atoms with Gasteiger partial charge in [0.15, 0.2) is 0 Å². The first-order valence-corrected chi connectivity index (χ1v) is 8.78. The van der Waals surface area contributed by atoms with E-state index in [2.05, 4.69) is 17.3 Å². The molecular formula is C5H9O13S3. The van der Waals surface area contributed by atoms with E-state index < -0.39 is 56.1 Å². The molecule has 13 nitrogen and oxygen atoms in total. The molecule has 0 spiro atoms. The zero-order chi connectivity index (χ0) is 16.5. The Labute approximate surface area is 119 Å². The van der Waals surface area contributed by atoms with Gasteiger partial charge >= 0.3 is 31.2 Å². The van der Waals surface area contributed by atoms with Crippen molar-refractivity contribution < 1.29 is 56.2 Å². The van der Waals surface area contributed by atoms with Crippen molar-refractivity contribution in [1.82, 2.24) is 0 Å². The molecule has 16 heteroatoms. The first-order valence-electron chi connectivity index (χ1n) is 4.69. The highest BCUT2D eigenvalue weighted by Gasteiger charge is 2.44. The van der Waals surface area contributed by atoms with Gasteiger partial charge < -0.3 is 4.74 Å². The Bertz CT molecular complexity index is 617. The first kappa shape index (κ1) is 18.6. The van der Waals surface area contributed by atoms with Gasteiger partial charge in [-0.3, -0.25) is 13.7 Å². The van der Waals surface area contributed by atoms with E-state index in [-0.39, 0.29) is 0 Å². The minimum Gasteiger partial charge on any atom is -0.370 e. The predicted octanol–water partition coefficient (Wildman–Crippen LogP) is -2.26. The molecule has 0 unspecified atom stereocenters. The van der Waals surface area contributed by atoms with Gasteiger partial charge in [-0.15, -0.1) is 0 Å². The van der Waals surface area contributed by atoms with E-state index >= 15 is 0 Å². The van der Waals surface area contributed by atoms with Gasteiger partial charge in [-0.25, -0.2) is 12.5 Å². The fourth-order valence-electron chi connectivity index (χ4n) is 1.34. The van der Waals surface area contributed by atoms with E-state index in [0.29, 0.717) is 6.61 Å². The highest BCUT2D eigenvalue weighted by atomic mass is 32.3. The van der Waals surface area contributed by atoms with Crippen LogP contribution in [0.2, 0.25) is 0 Å². The molecule has 0 aromatic heterocycles. The second kappa shape index (κ2) is 6.36. The Hall–Kier alpha value is -0.430. The van der Waals surface area contributed by atoms with Gasteiger partial charge in [0.2, 0.25) is 0 Å². The van der Waals surface area contributed by atoms with Crippen molar-refractivity contribution in [3.05, 3.63) is 6.61 Å². The maximum absolute atomic E-state index is 10.7. The van der Waals surface area contributed by atoms with Gasteiger partial charge in [0.1, 0.15) is 24.9 Å². The molecule has 3 N–H and O–H groups in total. The molecule has 1 aliphatic heterocycles. The van der Waals surface area contributed by atoms with Crippen LogP contribution in [0, 0.1) is 6.61 Å². The zero-order valence-corrected chi connectivity index (χ0v) is 12.1. The predicted molar refractivity (Wildman–Crippen MR) is 59.5 cm³/mol. The summed E-state index contributed by atoms with van der Waals surface area (Å²) in [5, 5.41) is 0. The van der Waals surface area contributed by atoms with Gasteiger partial charge in [0.25, 0.3) is 0 Å². The SMILES string of the molecule is O=S(=O)(O)O[C@@H]1[C@H](OS(=O)(=O)O)[CH]OC[C@H]1OS(=O)(=O)O. The average Bonchev–Trinajstić information content (AvgIpc) is 2.16. The van der Waals surface area contributed by atoms with E-state index in [1.807, 2.05) is 0 Å². The Morgan fingerprint density at radius 2 is 1.33 bits per heavy atom. The largest absolute Gasteiger partial charge is 0.397 e. The lowest BCUT2D eigenvalue weighted by atomic mass is 10.1. The van der Waals surface area contributed by atoms with Crippen molar-refractivity contribution in [2.75, 3.05) is 6.61 Å². The van der Waals surface area contributed by atoms with Crippen LogP contribution in [0.3, 0.4) is 0 Å². The van der Waals surface area contributed by atoms with Crippen molar-refractivity contribution in [3.63, 3.8) is 0 Å². The third kappa shape index (κ3) is 7.40. The second-order valence-electron chi connectivity index (χ2n) is 3.51. The molecule has 1 radical (unpaired) electrons. The quantitative estimate of drug-likeness (QED) is 0.422. The van der Waals surface area contributed by atoms with Crippen LogP contribution in [-0.4, -0.2) is 63.8 Å². The van der Waals surface area contributed by atoms with Crippen molar-refractivity contribution in [3.8, 4) is 0 Å². The van der Waals surface area contributed by atoms with Gasteiger partial charge in [-0.1, -0.05) is 0 Å². The summed E-state index contributed by atoms with van der Waals surface area (Å²) in [5.41, 5.74) is 0. The summed E-state index contributed by atoms with van der Waals surface area (Å²) >= 11 is 0. The molecule has 125 valence electrons. The molecule has 0 amide bonds. The topological polar surface area (TPSA) is 200 Å². The molecule has 1 rings (SSSR count). The lowest BCUT2D eigenvalue weighted by Crippen LogP contribution is -2.51. The minimum atomic E-state index is -5.19. The molecule has 0 aromatic rings. The van der Waals surface area contributed by atoms with Crippen molar-refractivity contribution in [2.24, 2.45) is 0 Å². The van der Waals surface area contributed by atoms with Crippen molar-refractivity contribution in [2.45, 2.75) is 18.3 Å². The molecule has 1 saturated heterocycles. The third-order valence-corrected chi connectivity index (χ3v) is 3.31. The monoisotopic (exact) mass is 373 g/mol. The Morgan fingerprint density at radius 3 is 1.76 bits per heavy atom. The molecule has 21 heavy (non-hydrogen) atoms. The van der Waals surface area contributed by atoms with Gasteiger partial charge in [-0.05, 0) is 0 Å². The minimum absolute atomic E-state index is 0.549. The number of ether oxygens (including phenoxy) is 1. The molecule has 1 fully saturated rings. The van der Waals surface area contributed by atoms with Crippen LogP contribution in [0.1, 0.15) is 0 Å². The molecule has 0 aliphatic carbocycles. The van der Waals surface area contributed by atoms with Crippen LogP contribution >= 0.6 is 0 Å². The molecule has 1 heterocycles. The van der Waals surface area contributed by atoms with Crippen molar-refractivity contribution >= 4 is 31.2 Å². The van der Waals surface area contributed by atoms with E-state index in [0.717, 1.165) is 0 Å². The summed E-state index contributed by atoms with van der Waals surface area (Å²) in [7, 11) is -15.4.